The highest BCUT2D eigenvalue weighted by Crippen LogP contribution is 2.29. The molecule has 2 N–H and O–H groups in total. The van der Waals surface area contributed by atoms with Crippen LogP contribution in [-0.2, 0) is 17.8 Å². The number of nitrogens with one attached hydrogen (secondary N) is 2. The van der Waals surface area contributed by atoms with E-state index < -0.39 is 0 Å². The zero-order valence-electron chi connectivity index (χ0n) is 12.7. The number of H-pyrrole nitrogens is 1. The molecule has 0 fully saturated rings. The Kier molecular flexibility index (Phi) is 4.41. The predicted molar refractivity (Wildman–Crippen MR) is 86.2 cm³/mol. The van der Waals surface area contributed by atoms with Crippen LogP contribution in [0.15, 0.2) is 46.0 Å². The molecule has 0 radical (unpaired) electrons. The standard InChI is InChI=1S/C17H19N3O3/c21-15(10-11-20-17(23)9-8-16(22)19-20)18-14-7-3-5-12-4-1-2-6-13(12)14/h1-2,4,6,8-9,14H,3,5,7,10-11H2,(H,18,21)(H,19,22)/t14-/m0/s1. The fourth-order valence-corrected chi connectivity index (χ4v) is 3.01. The number of hydrogen-bond acceptors (Lipinski definition) is 3. The Hall–Kier alpha value is -2.63. The van der Waals surface area contributed by atoms with Gasteiger partial charge in [0.05, 0.1) is 12.6 Å². The molecule has 1 atom stereocenters. The summed E-state index contributed by atoms with van der Waals surface area (Å²) in [7, 11) is 0. The van der Waals surface area contributed by atoms with Gasteiger partial charge in [0.15, 0.2) is 0 Å². The molecule has 6 nitrogen and oxygen atoms in total. The van der Waals surface area contributed by atoms with Crippen molar-refractivity contribution < 1.29 is 4.79 Å². The van der Waals surface area contributed by atoms with Crippen molar-refractivity contribution in [1.29, 1.82) is 0 Å². The van der Waals surface area contributed by atoms with Gasteiger partial charge in [0.25, 0.3) is 11.1 Å². The number of aromatic amines is 1. The van der Waals surface area contributed by atoms with E-state index in [0.29, 0.717) is 0 Å². The molecular formula is C17H19N3O3. The van der Waals surface area contributed by atoms with E-state index in [1.54, 1.807) is 0 Å². The number of carbonyl (C=O) groups excluding carboxylic acids is 1. The minimum Gasteiger partial charge on any atom is -0.349 e. The molecule has 120 valence electrons. The third-order valence-corrected chi connectivity index (χ3v) is 4.16. The molecule has 0 saturated carbocycles. The molecule has 0 spiro atoms. The number of fused-ring (bicyclic) bond motifs is 1. The summed E-state index contributed by atoms with van der Waals surface area (Å²) in [5, 5.41) is 5.45. The second-order valence-electron chi connectivity index (χ2n) is 5.76. The van der Waals surface area contributed by atoms with Crippen molar-refractivity contribution >= 4 is 5.91 Å². The number of carbonyl (C=O) groups is 1. The number of benzene rings is 1. The molecule has 1 aliphatic rings. The number of rotatable bonds is 4. The molecule has 1 heterocycles. The van der Waals surface area contributed by atoms with Gasteiger partial charge in [0.1, 0.15) is 0 Å². The normalized spacial score (nSPS) is 16.6. The van der Waals surface area contributed by atoms with Crippen LogP contribution in [0.25, 0.3) is 0 Å². The van der Waals surface area contributed by atoms with Gasteiger partial charge in [0.2, 0.25) is 5.91 Å². The van der Waals surface area contributed by atoms with E-state index in [2.05, 4.69) is 22.5 Å². The van der Waals surface area contributed by atoms with Crippen LogP contribution in [0.2, 0.25) is 0 Å². The minimum absolute atomic E-state index is 0.0268. The van der Waals surface area contributed by atoms with Gasteiger partial charge in [-0.1, -0.05) is 24.3 Å². The van der Waals surface area contributed by atoms with Gasteiger partial charge in [-0.25, -0.2) is 4.68 Å². The van der Waals surface area contributed by atoms with Crippen LogP contribution in [0.4, 0.5) is 0 Å². The second-order valence-corrected chi connectivity index (χ2v) is 5.76. The number of nitrogens with zero attached hydrogens (tertiary/aromatic N) is 1. The Labute approximate surface area is 133 Å². The second kappa shape index (κ2) is 6.64. The molecule has 3 rings (SSSR count). The highest BCUT2D eigenvalue weighted by molar-refractivity contribution is 5.76. The topological polar surface area (TPSA) is 84.0 Å². The number of amides is 1. The van der Waals surface area contributed by atoms with Gasteiger partial charge in [-0.3, -0.25) is 19.5 Å². The molecule has 0 unspecified atom stereocenters. The average Bonchev–Trinajstić information content (AvgIpc) is 2.56. The first kappa shape index (κ1) is 15.3. The van der Waals surface area contributed by atoms with E-state index in [9.17, 15) is 14.4 Å². The Balaban J connectivity index is 1.63. The molecule has 0 aliphatic heterocycles. The first-order chi connectivity index (χ1) is 11.1. The quantitative estimate of drug-likeness (QED) is 0.887. The lowest BCUT2D eigenvalue weighted by atomic mass is 9.88. The van der Waals surface area contributed by atoms with E-state index in [1.165, 1.54) is 23.3 Å². The van der Waals surface area contributed by atoms with Crippen molar-refractivity contribution in [3.8, 4) is 0 Å². The van der Waals surface area contributed by atoms with Crippen LogP contribution in [0.5, 0.6) is 0 Å². The fourth-order valence-electron chi connectivity index (χ4n) is 3.01. The largest absolute Gasteiger partial charge is 0.349 e. The molecule has 23 heavy (non-hydrogen) atoms. The van der Waals surface area contributed by atoms with Crippen molar-refractivity contribution in [1.82, 2.24) is 15.1 Å². The lowest BCUT2D eigenvalue weighted by molar-refractivity contribution is -0.122. The predicted octanol–water partition coefficient (Wildman–Crippen LogP) is 1.12. The third kappa shape index (κ3) is 3.59. The van der Waals surface area contributed by atoms with Gasteiger partial charge in [-0.15, -0.1) is 0 Å². The van der Waals surface area contributed by atoms with Crippen LogP contribution in [0.3, 0.4) is 0 Å². The molecule has 6 heteroatoms. The van der Waals surface area contributed by atoms with Crippen LogP contribution < -0.4 is 16.4 Å². The number of aromatic nitrogens is 2. The monoisotopic (exact) mass is 313 g/mol. The van der Waals surface area contributed by atoms with Gasteiger partial charge in [0, 0.05) is 18.6 Å². The smallest absolute Gasteiger partial charge is 0.265 e. The van der Waals surface area contributed by atoms with Crippen molar-refractivity contribution in [2.45, 2.75) is 38.3 Å². The Morgan fingerprint density at radius 1 is 1.22 bits per heavy atom. The maximum Gasteiger partial charge on any atom is 0.265 e. The number of aryl methyl sites for hydroxylation is 2. The lowest BCUT2D eigenvalue weighted by Gasteiger charge is -2.26. The molecule has 0 saturated heterocycles. The fraction of sp³-hybridized carbons (Fsp3) is 0.353. The molecule has 1 aliphatic carbocycles. The SMILES string of the molecule is O=C(CCn1[nH]c(=O)ccc1=O)N[C@H]1CCCc2ccccc21. The van der Waals surface area contributed by atoms with Crippen molar-refractivity contribution in [2.24, 2.45) is 0 Å². The van der Waals surface area contributed by atoms with E-state index in [-0.39, 0.29) is 36.0 Å². The van der Waals surface area contributed by atoms with E-state index in [1.807, 2.05) is 12.1 Å². The van der Waals surface area contributed by atoms with Gasteiger partial charge < -0.3 is 5.32 Å². The Bertz CT molecular complexity index is 822. The van der Waals surface area contributed by atoms with E-state index in [0.717, 1.165) is 23.9 Å². The van der Waals surface area contributed by atoms with Crippen molar-refractivity contribution in [2.75, 3.05) is 0 Å². The van der Waals surface area contributed by atoms with Crippen LogP contribution >= 0.6 is 0 Å². The summed E-state index contributed by atoms with van der Waals surface area (Å²) in [6, 6.07) is 10.6. The van der Waals surface area contributed by atoms with E-state index in [4.69, 9.17) is 0 Å². The Morgan fingerprint density at radius 2 is 2.04 bits per heavy atom. The summed E-state index contributed by atoms with van der Waals surface area (Å²) in [6.07, 6.45) is 3.17. The third-order valence-electron chi connectivity index (χ3n) is 4.16. The van der Waals surface area contributed by atoms with Gasteiger partial charge in [-0.05, 0) is 30.4 Å². The summed E-state index contributed by atoms with van der Waals surface area (Å²) in [6.45, 7) is 0.162. The molecule has 2 aromatic rings. The maximum atomic E-state index is 12.2. The highest BCUT2D eigenvalue weighted by Gasteiger charge is 2.21. The molecule has 0 bridgehead atoms. The highest BCUT2D eigenvalue weighted by atomic mass is 16.2. The first-order valence-electron chi connectivity index (χ1n) is 7.81. The summed E-state index contributed by atoms with van der Waals surface area (Å²) >= 11 is 0. The van der Waals surface area contributed by atoms with Crippen molar-refractivity contribution in [3.05, 3.63) is 68.2 Å². The molecule has 1 aromatic heterocycles. The van der Waals surface area contributed by atoms with Crippen LogP contribution in [0.1, 0.15) is 36.4 Å². The van der Waals surface area contributed by atoms with Crippen LogP contribution in [0, 0.1) is 0 Å². The van der Waals surface area contributed by atoms with Gasteiger partial charge in [-0.2, -0.15) is 0 Å². The summed E-state index contributed by atoms with van der Waals surface area (Å²) in [5.41, 5.74) is 1.79. The zero-order chi connectivity index (χ0) is 16.2. The van der Waals surface area contributed by atoms with Crippen molar-refractivity contribution in [3.63, 3.8) is 0 Å². The molecule has 1 amide bonds. The summed E-state index contributed by atoms with van der Waals surface area (Å²) < 4.78 is 1.16. The zero-order valence-corrected chi connectivity index (χ0v) is 12.7. The maximum absolute atomic E-state index is 12.2. The summed E-state index contributed by atoms with van der Waals surface area (Å²) in [4.78, 5) is 35.0. The van der Waals surface area contributed by atoms with Gasteiger partial charge >= 0.3 is 0 Å². The first-order valence-corrected chi connectivity index (χ1v) is 7.81. The molecular weight excluding hydrogens is 294 g/mol. The van der Waals surface area contributed by atoms with Crippen LogP contribution in [-0.4, -0.2) is 15.7 Å². The lowest BCUT2D eigenvalue weighted by Crippen LogP contribution is -2.34. The number of hydrogen-bond donors (Lipinski definition) is 2. The average molecular weight is 313 g/mol. The Morgan fingerprint density at radius 3 is 2.91 bits per heavy atom. The summed E-state index contributed by atoms with van der Waals surface area (Å²) in [5.74, 6) is -0.122. The minimum atomic E-state index is -0.355. The molecule has 1 aromatic carbocycles. The van der Waals surface area contributed by atoms with E-state index >= 15 is 0 Å².